The predicted octanol–water partition coefficient (Wildman–Crippen LogP) is 11.7. The van der Waals surface area contributed by atoms with E-state index in [0.29, 0.717) is 0 Å². The Morgan fingerprint density at radius 1 is 0.391 bits per heavy atom. The number of hydrogen-bond donors (Lipinski definition) is 1. The molecule has 7 aromatic carbocycles. The van der Waals surface area contributed by atoms with Crippen molar-refractivity contribution < 1.29 is 0 Å². The van der Waals surface area contributed by atoms with Gasteiger partial charge in [0.25, 0.3) is 0 Å². The maximum atomic E-state index is 6.12. The number of rotatable bonds is 6. The highest BCUT2D eigenvalue weighted by Gasteiger charge is 2.36. The highest BCUT2D eigenvalue weighted by Crippen LogP contribution is 2.52. The normalized spacial score (nSPS) is 12.8. The predicted molar refractivity (Wildman–Crippen MR) is 195 cm³/mol. The Labute approximate surface area is 270 Å². The number of para-hydroxylation sites is 2. The number of benzene rings is 7. The molecule has 0 fully saturated rings. The van der Waals surface area contributed by atoms with Crippen molar-refractivity contribution in [2.45, 2.75) is 19.3 Å². The molecule has 46 heavy (non-hydrogen) atoms. The van der Waals surface area contributed by atoms with Crippen molar-refractivity contribution in [1.82, 2.24) is 0 Å². The van der Waals surface area contributed by atoms with E-state index in [1.54, 1.807) is 0 Å². The Kier molecular flexibility index (Phi) is 6.61. The molecule has 0 radical (unpaired) electrons. The molecule has 7 aromatic rings. The van der Waals surface area contributed by atoms with E-state index in [9.17, 15) is 0 Å². The third-order valence-electron chi connectivity index (χ3n) is 9.33. The van der Waals surface area contributed by atoms with Gasteiger partial charge in [0.2, 0.25) is 0 Å². The van der Waals surface area contributed by atoms with Gasteiger partial charge in [-0.25, -0.2) is 0 Å². The van der Waals surface area contributed by atoms with Crippen LogP contribution in [-0.4, -0.2) is 0 Å². The third-order valence-corrected chi connectivity index (χ3v) is 9.33. The van der Waals surface area contributed by atoms with E-state index < -0.39 is 0 Å². The zero-order valence-electron chi connectivity index (χ0n) is 26.1. The average Bonchev–Trinajstić information content (AvgIpc) is 3.32. The zero-order chi connectivity index (χ0) is 31.3. The van der Waals surface area contributed by atoms with Crippen LogP contribution in [0.4, 0.5) is 39.8 Å². The quantitative estimate of drug-likeness (QED) is 0.195. The largest absolute Gasteiger partial charge is 0.399 e. The summed E-state index contributed by atoms with van der Waals surface area (Å²) in [7, 11) is 0. The van der Waals surface area contributed by atoms with Gasteiger partial charge < -0.3 is 15.5 Å². The molecule has 1 aliphatic rings. The van der Waals surface area contributed by atoms with Crippen LogP contribution < -0.4 is 15.5 Å². The second-order valence-electron chi connectivity index (χ2n) is 12.5. The highest BCUT2D eigenvalue weighted by atomic mass is 15.1. The van der Waals surface area contributed by atoms with Crippen LogP contribution in [0.25, 0.3) is 21.9 Å². The lowest BCUT2D eigenvalue weighted by molar-refractivity contribution is 0.660. The minimum atomic E-state index is -0.202. The Balaban J connectivity index is 1.24. The summed E-state index contributed by atoms with van der Waals surface area (Å²) in [6, 6.07) is 58.5. The van der Waals surface area contributed by atoms with Crippen molar-refractivity contribution >= 4 is 50.6 Å². The van der Waals surface area contributed by atoms with E-state index in [1.165, 1.54) is 33.0 Å². The number of anilines is 7. The van der Waals surface area contributed by atoms with Crippen LogP contribution in [-0.2, 0) is 5.41 Å². The van der Waals surface area contributed by atoms with Crippen molar-refractivity contribution in [3.05, 3.63) is 175 Å². The fraction of sp³-hybridized carbons (Fsp3) is 0.0698. The molecule has 0 heterocycles. The van der Waals surface area contributed by atoms with E-state index in [1.807, 2.05) is 12.1 Å². The molecule has 0 aliphatic heterocycles. The Hall–Kier alpha value is -5.80. The molecule has 0 atom stereocenters. The fourth-order valence-electron chi connectivity index (χ4n) is 6.98. The number of fused-ring (bicyclic) bond motifs is 4. The van der Waals surface area contributed by atoms with E-state index in [2.05, 4.69) is 175 Å². The van der Waals surface area contributed by atoms with Gasteiger partial charge in [0.1, 0.15) is 0 Å². The lowest BCUT2D eigenvalue weighted by Gasteiger charge is -2.29. The van der Waals surface area contributed by atoms with Crippen LogP contribution in [0.5, 0.6) is 0 Å². The van der Waals surface area contributed by atoms with Crippen molar-refractivity contribution in [2.75, 3.05) is 15.5 Å². The Bertz CT molecular complexity index is 2150. The Morgan fingerprint density at radius 3 is 1.37 bits per heavy atom. The average molecular weight is 594 g/mol. The van der Waals surface area contributed by atoms with Crippen molar-refractivity contribution in [3.63, 3.8) is 0 Å². The first-order valence-electron chi connectivity index (χ1n) is 15.8. The van der Waals surface area contributed by atoms with Crippen molar-refractivity contribution in [2.24, 2.45) is 0 Å². The van der Waals surface area contributed by atoms with E-state index in [4.69, 9.17) is 5.73 Å². The molecular formula is C43H35N3. The van der Waals surface area contributed by atoms with Crippen LogP contribution in [0.3, 0.4) is 0 Å². The molecule has 0 unspecified atom stereocenters. The van der Waals surface area contributed by atoms with Gasteiger partial charge in [-0.1, -0.05) is 92.7 Å². The minimum absolute atomic E-state index is 0.202. The first kappa shape index (κ1) is 27.7. The molecule has 3 nitrogen and oxygen atoms in total. The van der Waals surface area contributed by atoms with Gasteiger partial charge in [-0.15, -0.1) is 0 Å². The summed E-state index contributed by atoms with van der Waals surface area (Å²) in [5.41, 5.74) is 18.6. The number of nitrogens with two attached hydrogens (primary N) is 1. The minimum Gasteiger partial charge on any atom is -0.399 e. The number of nitrogen functional groups attached to an aromatic ring is 1. The molecule has 0 saturated carbocycles. The van der Waals surface area contributed by atoms with Crippen molar-refractivity contribution in [1.29, 1.82) is 0 Å². The van der Waals surface area contributed by atoms with Gasteiger partial charge in [0.15, 0.2) is 0 Å². The molecule has 0 bridgehead atoms. The second-order valence-corrected chi connectivity index (χ2v) is 12.5. The van der Waals surface area contributed by atoms with Crippen LogP contribution in [0, 0.1) is 0 Å². The van der Waals surface area contributed by atoms with Crippen LogP contribution in [0.2, 0.25) is 0 Å². The highest BCUT2D eigenvalue weighted by molar-refractivity contribution is 5.91. The molecule has 0 amide bonds. The summed E-state index contributed by atoms with van der Waals surface area (Å²) in [6.07, 6.45) is 0. The topological polar surface area (TPSA) is 32.5 Å². The summed E-state index contributed by atoms with van der Waals surface area (Å²) >= 11 is 0. The van der Waals surface area contributed by atoms with E-state index >= 15 is 0 Å². The van der Waals surface area contributed by atoms with Gasteiger partial charge >= 0.3 is 0 Å². The number of nitrogens with zero attached hydrogens (tertiary/aromatic N) is 2. The van der Waals surface area contributed by atoms with Gasteiger partial charge in [-0.05, 0) is 118 Å². The van der Waals surface area contributed by atoms with Gasteiger partial charge in [-0.2, -0.15) is 0 Å². The maximum absolute atomic E-state index is 6.12. The van der Waals surface area contributed by atoms with Crippen LogP contribution in [0.1, 0.15) is 25.0 Å². The summed E-state index contributed by atoms with van der Waals surface area (Å²) in [6.45, 7) is 4.70. The monoisotopic (exact) mass is 593 g/mol. The number of hydrogen-bond acceptors (Lipinski definition) is 3. The molecule has 1 aliphatic carbocycles. The smallest absolute Gasteiger partial charge is 0.0468 e. The molecule has 0 aromatic heterocycles. The van der Waals surface area contributed by atoms with E-state index in [0.717, 1.165) is 39.8 Å². The van der Waals surface area contributed by atoms with Crippen molar-refractivity contribution in [3.8, 4) is 11.1 Å². The lowest BCUT2D eigenvalue weighted by Crippen LogP contribution is -2.17. The zero-order valence-corrected chi connectivity index (χ0v) is 26.1. The Morgan fingerprint density at radius 2 is 0.804 bits per heavy atom. The van der Waals surface area contributed by atoms with Gasteiger partial charge in [0.05, 0.1) is 0 Å². The lowest BCUT2D eigenvalue weighted by atomic mass is 9.82. The maximum Gasteiger partial charge on any atom is 0.0468 e. The first-order chi connectivity index (χ1) is 22.5. The molecule has 0 spiro atoms. The molecule has 8 rings (SSSR count). The fourth-order valence-corrected chi connectivity index (χ4v) is 6.98. The molecule has 0 saturated heterocycles. The summed E-state index contributed by atoms with van der Waals surface area (Å²) in [4.78, 5) is 4.68. The molecule has 3 heteroatoms. The molecular weight excluding hydrogens is 558 g/mol. The first-order valence-corrected chi connectivity index (χ1v) is 15.8. The van der Waals surface area contributed by atoms with Gasteiger partial charge in [-0.3, -0.25) is 0 Å². The van der Waals surface area contributed by atoms with Crippen LogP contribution in [0.15, 0.2) is 164 Å². The third kappa shape index (κ3) is 4.69. The van der Waals surface area contributed by atoms with Gasteiger partial charge in [0, 0.05) is 45.2 Å². The molecule has 222 valence electrons. The van der Waals surface area contributed by atoms with E-state index in [-0.39, 0.29) is 5.41 Å². The van der Waals surface area contributed by atoms with Crippen LogP contribution >= 0.6 is 0 Å². The standard InChI is InChI=1S/C43H35N3/c1-43(2)41-28-37(45(33-13-5-3-6-14-33)34-15-7-4-8-16-34)23-25-39(41)40-26-24-38(29-42(40)43)46(35-21-18-32(44)19-22-35)36-20-17-30-11-9-10-12-31(30)27-36/h3-29H,44H2,1-2H3. The summed E-state index contributed by atoms with van der Waals surface area (Å²) in [5, 5.41) is 2.44. The second kappa shape index (κ2) is 11.0. The molecule has 2 N–H and O–H groups in total. The summed E-state index contributed by atoms with van der Waals surface area (Å²) in [5.74, 6) is 0. The summed E-state index contributed by atoms with van der Waals surface area (Å²) < 4.78 is 0. The SMILES string of the molecule is CC1(C)c2cc(N(c3ccccc3)c3ccccc3)ccc2-c2ccc(N(c3ccc(N)cc3)c3ccc4ccccc4c3)cc21.